The zero-order valence-electron chi connectivity index (χ0n) is 13.9. The Hall–Kier alpha value is -2.06. The molecule has 0 bridgehead atoms. The van der Waals surface area contributed by atoms with E-state index >= 15 is 0 Å². The average molecular weight is 339 g/mol. The van der Waals surface area contributed by atoms with Crippen LogP contribution in [-0.2, 0) is 23.6 Å². The molecule has 0 amide bonds. The lowest BCUT2D eigenvalue weighted by atomic mass is 10.3. The van der Waals surface area contributed by atoms with Gasteiger partial charge in [0.15, 0.2) is 0 Å². The van der Waals surface area contributed by atoms with Crippen LogP contribution in [0.5, 0.6) is 11.5 Å². The molecule has 2 aromatic rings. The van der Waals surface area contributed by atoms with Gasteiger partial charge in [-0.05, 0) is 19.1 Å². The first-order valence-corrected chi connectivity index (χ1v) is 8.41. The Morgan fingerprint density at radius 2 is 1.96 bits per heavy atom. The second-order valence-electron chi connectivity index (χ2n) is 5.16. The highest BCUT2D eigenvalue weighted by molar-refractivity contribution is 7.89. The van der Waals surface area contributed by atoms with Gasteiger partial charge in [-0.15, -0.1) is 0 Å². The van der Waals surface area contributed by atoms with Crippen LogP contribution < -0.4 is 9.47 Å². The third-order valence-corrected chi connectivity index (χ3v) is 5.61. The van der Waals surface area contributed by atoms with E-state index in [2.05, 4.69) is 5.10 Å². The largest absolute Gasteiger partial charge is 0.497 e. The maximum absolute atomic E-state index is 12.9. The van der Waals surface area contributed by atoms with Crippen LogP contribution in [0.4, 0.5) is 0 Å². The summed E-state index contributed by atoms with van der Waals surface area (Å²) in [6.07, 6.45) is 1.67. The number of sulfonamides is 1. The highest BCUT2D eigenvalue weighted by atomic mass is 32.2. The predicted octanol–water partition coefficient (Wildman–Crippen LogP) is 1.57. The smallest absolute Gasteiger partial charge is 0.246 e. The normalized spacial score (nSPS) is 11.7. The minimum atomic E-state index is -3.73. The topological polar surface area (TPSA) is 73.7 Å². The quantitative estimate of drug-likeness (QED) is 0.799. The summed E-state index contributed by atoms with van der Waals surface area (Å²) in [5.41, 5.74) is 1.77. The van der Waals surface area contributed by atoms with E-state index in [4.69, 9.17) is 9.47 Å². The lowest BCUT2D eigenvalue weighted by molar-refractivity contribution is 0.388. The molecule has 2 rings (SSSR count). The summed E-state index contributed by atoms with van der Waals surface area (Å²) in [7, 11) is 2.54. The van der Waals surface area contributed by atoms with Crippen molar-refractivity contribution in [3.05, 3.63) is 35.7 Å². The number of hydrogen-bond acceptors (Lipinski definition) is 5. The zero-order valence-corrected chi connectivity index (χ0v) is 14.7. The van der Waals surface area contributed by atoms with E-state index < -0.39 is 10.0 Å². The van der Waals surface area contributed by atoms with Crippen LogP contribution in [0, 0.1) is 6.92 Å². The van der Waals surface area contributed by atoms with E-state index in [1.54, 1.807) is 23.0 Å². The fourth-order valence-corrected chi connectivity index (χ4v) is 3.49. The molecular weight excluding hydrogens is 318 g/mol. The number of rotatable bonds is 6. The van der Waals surface area contributed by atoms with Gasteiger partial charge in [-0.25, -0.2) is 8.42 Å². The van der Waals surface area contributed by atoms with Crippen molar-refractivity contribution in [1.29, 1.82) is 0 Å². The van der Waals surface area contributed by atoms with Gasteiger partial charge in [0, 0.05) is 38.0 Å². The minimum Gasteiger partial charge on any atom is -0.497 e. The number of hydrogen-bond donors (Lipinski definition) is 0. The third kappa shape index (κ3) is 3.32. The van der Waals surface area contributed by atoms with Gasteiger partial charge < -0.3 is 9.47 Å². The lowest BCUT2D eigenvalue weighted by Crippen LogP contribution is -2.27. The van der Waals surface area contributed by atoms with Crippen LogP contribution in [0.15, 0.2) is 29.3 Å². The van der Waals surface area contributed by atoms with E-state index in [-0.39, 0.29) is 17.2 Å². The highest BCUT2D eigenvalue weighted by Gasteiger charge is 2.26. The van der Waals surface area contributed by atoms with Crippen molar-refractivity contribution in [2.45, 2.75) is 18.4 Å². The summed E-state index contributed by atoms with van der Waals surface area (Å²) >= 11 is 0. The van der Waals surface area contributed by atoms with Crippen LogP contribution in [0.3, 0.4) is 0 Å². The van der Waals surface area contributed by atoms with Crippen LogP contribution in [0.25, 0.3) is 0 Å². The van der Waals surface area contributed by atoms with Crippen molar-refractivity contribution >= 4 is 10.0 Å². The van der Waals surface area contributed by atoms with Crippen molar-refractivity contribution in [3.63, 3.8) is 0 Å². The summed E-state index contributed by atoms with van der Waals surface area (Å²) in [5, 5.41) is 4.14. The third-order valence-electron chi connectivity index (χ3n) is 3.79. The van der Waals surface area contributed by atoms with Gasteiger partial charge >= 0.3 is 0 Å². The van der Waals surface area contributed by atoms with Crippen molar-refractivity contribution in [1.82, 2.24) is 14.1 Å². The Bertz CT molecular complexity index is 799. The predicted molar refractivity (Wildman–Crippen MR) is 86.1 cm³/mol. The molecule has 126 valence electrons. The molecule has 0 N–H and O–H groups in total. The number of benzene rings is 1. The fourth-order valence-electron chi connectivity index (χ4n) is 2.18. The molecule has 0 fully saturated rings. The Morgan fingerprint density at radius 3 is 2.48 bits per heavy atom. The van der Waals surface area contributed by atoms with Crippen LogP contribution in [0.2, 0.25) is 0 Å². The first kappa shape index (κ1) is 17.3. The van der Waals surface area contributed by atoms with Crippen molar-refractivity contribution in [2.75, 3.05) is 21.3 Å². The Balaban J connectivity index is 2.39. The summed E-state index contributed by atoms with van der Waals surface area (Å²) in [4.78, 5) is 0.0726. The maximum Gasteiger partial charge on any atom is 0.246 e. The van der Waals surface area contributed by atoms with Gasteiger partial charge in [0.1, 0.15) is 16.4 Å². The summed E-state index contributed by atoms with van der Waals surface area (Å²) in [6, 6.07) is 4.69. The molecule has 0 atom stereocenters. The Labute approximate surface area is 136 Å². The molecule has 8 heteroatoms. The first-order chi connectivity index (χ1) is 10.8. The number of nitrogens with zero attached hydrogens (tertiary/aromatic N) is 3. The number of ether oxygens (including phenoxy) is 2. The van der Waals surface area contributed by atoms with Crippen molar-refractivity contribution < 1.29 is 17.9 Å². The summed E-state index contributed by atoms with van der Waals surface area (Å²) in [6.45, 7) is 2.12. The monoisotopic (exact) mass is 339 g/mol. The van der Waals surface area contributed by atoms with Crippen LogP contribution in [0.1, 0.15) is 11.3 Å². The van der Waals surface area contributed by atoms with E-state index in [1.807, 2.05) is 14.0 Å². The molecule has 0 radical (unpaired) electrons. The van der Waals surface area contributed by atoms with Crippen molar-refractivity contribution in [2.24, 2.45) is 7.05 Å². The molecule has 0 unspecified atom stereocenters. The standard InChI is InChI=1S/C15H21N3O4S/c1-11-12(9-16-18(11)3)10-17(2)23(19,20)15-8-13(21-4)6-7-14(15)22-5/h6-9H,10H2,1-5H3. The molecule has 1 aromatic carbocycles. The minimum absolute atomic E-state index is 0.0726. The molecule has 0 spiro atoms. The molecule has 0 saturated heterocycles. The zero-order chi connectivity index (χ0) is 17.2. The van der Waals surface area contributed by atoms with Gasteiger partial charge in [-0.2, -0.15) is 9.40 Å². The number of methoxy groups -OCH3 is 2. The fraction of sp³-hybridized carbons (Fsp3) is 0.400. The number of aryl methyl sites for hydroxylation is 1. The second-order valence-corrected chi connectivity index (χ2v) is 7.17. The highest BCUT2D eigenvalue weighted by Crippen LogP contribution is 2.30. The molecular formula is C15H21N3O4S. The number of aromatic nitrogens is 2. The summed E-state index contributed by atoms with van der Waals surface area (Å²) in [5.74, 6) is 0.732. The summed E-state index contributed by atoms with van der Waals surface area (Å²) < 4.78 is 39.0. The van der Waals surface area contributed by atoms with E-state index in [0.29, 0.717) is 5.75 Å². The van der Waals surface area contributed by atoms with Crippen molar-refractivity contribution in [3.8, 4) is 11.5 Å². The molecule has 7 nitrogen and oxygen atoms in total. The van der Waals surface area contributed by atoms with Gasteiger partial charge in [0.25, 0.3) is 0 Å². The average Bonchev–Trinajstić information content (AvgIpc) is 2.86. The van der Waals surface area contributed by atoms with Crippen LogP contribution in [-0.4, -0.2) is 43.8 Å². The van der Waals surface area contributed by atoms with E-state index in [1.165, 1.54) is 31.6 Å². The molecule has 0 aliphatic carbocycles. The van der Waals surface area contributed by atoms with Gasteiger partial charge in [-0.3, -0.25) is 4.68 Å². The second kappa shape index (κ2) is 6.59. The molecule has 1 heterocycles. The maximum atomic E-state index is 12.9. The molecule has 0 saturated carbocycles. The molecule has 1 aromatic heterocycles. The molecule has 0 aliphatic rings. The molecule has 23 heavy (non-hydrogen) atoms. The SMILES string of the molecule is COc1ccc(OC)c(S(=O)(=O)N(C)Cc2cnn(C)c2C)c1. The van der Waals surface area contributed by atoms with Gasteiger partial charge in [0.05, 0.1) is 20.4 Å². The first-order valence-electron chi connectivity index (χ1n) is 6.97. The Morgan fingerprint density at radius 1 is 1.26 bits per heavy atom. The van der Waals surface area contributed by atoms with E-state index in [9.17, 15) is 8.42 Å². The molecule has 0 aliphatic heterocycles. The van der Waals surface area contributed by atoms with Gasteiger partial charge in [-0.1, -0.05) is 0 Å². The van der Waals surface area contributed by atoms with E-state index in [0.717, 1.165) is 11.3 Å². The van der Waals surface area contributed by atoms with Crippen LogP contribution >= 0.6 is 0 Å². The van der Waals surface area contributed by atoms with Gasteiger partial charge in [0.2, 0.25) is 10.0 Å². The Kier molecular flexibility index (Phi) is 4.96. The lowest BCUT2D eigenvalue weighted by Gasteiger charge is -2.19.